The molecular formula is C11H13NO4. The van der Waals surface area contributed by atoms with E-state index in [0.717, 1.165) is 4.90 Å². The van der Waals surface area contributed by atoms with E-state index in [-0.39, 0.29) is 17.6 Å². The Morgan fingerprint density at radius 1 is 1.50 bits per heavy atom. The largest absolute Gasteiger partial charge is 0.452 e. The minimum atomic E-state index is -0.624. The van der Waals surface area contributed by atoms with Gasteiger partial charge < -0.3 is 4.74 Å². The summed E-state index contributed by atoms with van der Waals surface area (Å²) in [7, 11) is 1.25. The molecule has 0 N–H and O–H groups in total. The summed E-state index contributed by atoms with van der Waals surface area (Å²) < 4.78 is 4.53. The van der Waals surface area contributed by atoms with Crippen molar-refractivity contribution in [2.45, 2.75) is 19.3 Å². The van der Waals surface area contributed by atoms with Crippen molar-refractivity contribution < 1.29 is 19.1 Å². The number of imide groups is 1. The molecule has 0 saturated carbocycles. The molecule has 1 aliphatic carbocycles. The Morgan fingerprint density at radius 2 is 2.25 bits per heavy atom. The van der Waals surface area contributed by atoms with Gasteiger partial charge in [-0.15, -0.1) is 0 Å². The Hall–Kier alpha value is -1.65. The number of rotatable bonds is 0. The van der Waals surface area contributed by atoms with Gasteiger partial charge in [-0.2, -0.15) is 0 Å². The van der Waals surface area contributed by atoms with Crippen LogP contribution in [0.15, 0.2) is 11.6 Å². The molecule has 86 valence electrons. The molecule has 0 bridgehead atoms. The Kier molecular flexibility index (Phi) is 2.77. The average molecular weight is 223 g/mol. The van der Waals surface area contributed by atoms with Gasteiger partial charge in [0, 0.05) is 25.0 Å². The Labute approximate surface area is 93.0 Å². The van der Waals surface area contributed by atoms with Crippen LogP contribution in [0.5, 0.6) is 0 Å². The number of ketones is 1. The molecule has 0 aromatic heterocycles. The third kappa shape index (κ3) is 1.73. The lowest BCUT2D eigenvalue weighted by atomic mass is 9.81. The SMILES string of the molecule is COC(=O)N1CCC2CC(=O)CC=C2C1=O. The van der Waals surface area contributed by atoms with Gasteiger partial charge in [0.1, 0.15) is 5.78 Å². The number of nitrogens with zero attached hydrogens (tertiary/aromatic N) is 1. The quantitative estimate of drug-likeness (QED) is 0.611. The molecule has 1 heterocycles. The van der Waals surface area contributed by atoms with Crippen LogP contribution in [0, 0.1) is 5.92 Å². The molecule has 1 atom stereocenters. The first-order valence-electron chi connectivity index (χ1n) is 5.25. The molecular weight excluding hydrogens is 210 g/mol. The predicted octanol–water partition coefficient (Wildman–Crippen LogP) is 0.891. The van der Waals surface area contributed by atoms with E-state index in [9.17, 15) is 14.4 Å². The van der Waals surface area contributed by atoms with Crippen LogP contribution in [0.2, 0.25) is 0 Å². The van der Waals surface area contributed by atoms with Crippen LogP contribution < -0.4 is 0 Å². The number of carbonyl (C=O) groups is 3. The summed E-state index contributed by atoms with van der Waals surface area (Å²) in [5, 5.41) is 0. The molecule has 1 saturated heterocycles. The van der Waals surface area contributed by atoms with Crippen LogP contribution in [0.4, 0.5) is 4.79 Å². The van der Waals surface area contributed by atoms with Gasteiger partial charge in [0.15, 0.2) is 0 Å². The number of piperidine rings is 1. The van der Waals surface area contributed by atoms with Crippen molar-refractivity contribution in [1.82, 2.24) is 4.90 Å². The van der Waals surface area contributed by atoms with Crippen molar-refractivity contribution in [3.05, 3.63) is 11.6 Å². The minimum Gasteiger partial charge on any atom is -0.452 e. The summed E-state index contributed by atoms with van der Waals surface area (Å²) in [5.74, 6) is -0.154. The Morgan fingerprint density at radius 3 is 2.94 bits per heavy atom. The first-order valence-corrected chi connectivity index (χ1v) is 5.25. The molecule has 5 nitrogen and oxygen atoms in total. The topological polar surface area (TPSA) is 63.7 Å². The van der Waals surface area contributed by atoms with Gasteiger partial charge in [0.05, 0.1) is 7.11 Å². The third-order valence-electron chi connectivity index (χ3n) is 3.05. The van der Waals surface area contributed by atoms with Crippen molar-refractivity contribution in [3.8, 4) is 0 Å². The monoisotopic (exact) mass is 223 g/mol. The minimum absolute atomic E-state index is 0.00495. The number of fused-ring (bicyclic) bond motifs is 1. The maximum Gasteiger partial charge on any atom is 0.416 e. The lowest BCUT2D eigenvalue weighted by Gasteiger charge is -2.33. The number of ether oxygens (including phenoxy) is 1. The molecule has 1 unspecified atom stereocenters. The average Bonchev–Trinajstić information content (AvgIpc) is 2.28. The number of methoxy groups -OCH3 is 1. The maximum atomic E-state index is 11.9. The van der Waals surface area contributed by atoms with Gasteiger partial charge >= 0.3 is 6.09 Å². The third-order valence-corrected chi connectivity index (χ3v) is 3.05. The van der Waals surface area contributed by atoms with Crippen molar-refractivity contribution in [2.75, 3.05) is 13.7 Å². The van der Waals surface area contributed by atoms with E-state index in [1.165, 1.54) is 7.11 Å². The van der Waals surface area contributed by atoms with E-state index >= 15 is 0 Å². The van der Waals surface area contributed by atoms with E-state index in [4.69, 9.17) is 0 Å². The number of carbonyl (C=O) groups excluding carboxylic acids is 3. The van der Waals surface area contributed by atoms with Gasteiger partial charge in [0.2, 0.25) is 0 Å². The van der Waals surface area contributed by atoms with E-state index in [0.29, 0.717) is 31.4 Å². The Balaban J connectivity index is 2.21. The van der Waals surface area contributed by atoms with Crippen molar-refractivity contribution in [1.29, 1.82) is 0 Å². The van der Waals surface area contributed by atoms with Gasteiger partial charge in [-0.05, 0) is 12.3 Å². The Bertz CT molecular complexity index is 385. The van der Waals surface area contributed by atoms with Crippen LogP contribution in [0.25, 0.3) is 0 Å². The molecule has 0 aromatic rings. The van der Waals surface area contributed by atoms with Crippen molar-refractivity contribution >= 4 is 17.8 Å². The van der Waals surface area contributed by atoms with Crippen molar-refractivity contribution in [3.63, 3.8) is 0 Å². The first-order chi connectivity index (χ1) is 7.63. The maximum absolute atomic E-state index is 11.9. The summed E-state index contributed by atoms with van der Waals surface area (Å²) in [4.78, 5) is 35.5. The van der Waals surface area contributed by atoms with E-state index in [1.54, 1.807) is 6.08 Å². The molecule has 2 rings (SSSR count). The van der Waals surface area contributed by atoms with Crippen LogP contribution in [0.3, 0.4) is 0 Å². The molecule has 0 aromatic carbocycles. The number of Topliss-reactive ketones (excluding diaryl/α,β-unsaturated/α-hetero) is 1. The van der Waals surface area contributed by atoms with Crippen LogP contribution >= 0.6 is 0 Å². The molecule has 1 aliphatic heterocycles. The van der Waals surface area contributed by atoms with E-state index in [2.05, 4.69) is 4.74 Å². The van der Waals surface area contributed by atoms with E-state index in [1.807, 2.05) is 0 Å². The highest BCUT2D eigenvalue weighted by Gasteiger charge is 2.37. The summed E-state index contributed by atoms with van der Waals surface area (Å²) in [6.07, 6.45) is 2.40. The van der Waals surface area contributed by atoms with Crippen LogP contribution in [-0.4, -0.2) is 36.3 Å². The predicted molar refractivity (Wildman–Crippen MR) is 54.5 cm³/mol. The summed E-state index contributed by atoms with van der Waals surface area (Å²) in [5.41, 5.74) is 0.594. The van der Waals surface area contributed by atoms with Crippen molar-refractivity contribution in [2.24, 2.45) is 5.92 Å². The highest BCUT2D eigenvalue weighted by atomic mass is 16.5. The van der Waals surface area contributed by atoms with Crippen LogP contribution in [0.1, 0.15) is 19.3 Å². The van der Waals surface area contributed by atoms with Crippen LogP contribution in [-0.2, 0) is 14.3 Å². The molecule has 2 amide bonds. The summed E-state index contributed by atoms with van der Waals surface area (Å²) in [6, 6.07) is 0. The summed E-state index contributed by atoms with van der Waals surface area (Å²) >= 11 is 0. The molecule has 1 fully saturated rings. The van der Waals surface area contributed by atoms with Gasteiger partial charge in [0.25, 0.3) is 5.91 Å². The van der Waals surface area contributed by atoms with Gasteiger partial charge in [-0.3, -0.25) is 9.59 Å². The standard InChI is InChI=1S/C11H13NO4/c1-16-11(15)12-5-4-7-6-8(13)2-3-9(7)10(12)14/h3,7H,2,4-6H2,1H3. The zero-order valence-electron chi connectivity index (χ0n) is 9.06. The molecule has 0 spiro atoms. The smallest absolute Gasteiger partial charge is 0.416 e. The zero-order chi connectivity index (χ0) is 11.7. The molecule has 2 aliphatic rings. The van der Waals surface area contributed by atoms with E-state index < -0.39 is 6.09 Å². The fourth-order valence-electron chi connectivity index (χ4n) is 2.20. The second-order valence-corrected chi connectivity index (χ2v) is 4.02. The second kappa shape index (κ2) is 4.08. The number of allylic oxidation sites excluding steroid dienone is 1. The van der Waals surface area contributed by atoms with Gasteiger partial charge in [-0.1, -0.05) is 6.08 Å². The normalized spacial score (nSPS) is 24.9. The summed E-state index contributed by atoms with van der Waals surface area (Å²) in [6.45, 7) is 0.334. The van der Waals surface area contributed by atoms with Gasteiger partial charge in [-0.25, -0.2) is 9.69 Å². The molecule has 16 heavy (non-hydrogen) atoms. The molecule has 5 heteroatoms. The highest BCUT2D eigenvalue weighted by Crippen LogP contribution is 2.31. The zero-order valence-corrected chi connectivity index (χ0v) is 9.06. The number of hydrogen-bond donors (Lipinski definition) is 0. The molecule has 0 radical (unpaired) electrons. The first kappa shape index (κ1) is 10.9. The number of hydrogen-bond acceptors (Lipinski definition) is 4. The number of amides is 2. The number of likely N-dealkylation sites (tertiary alicyclic amines) is 1. The fraction of sp³-hybridized carbons (Fsp3) is 0.545. The lowest BCUT2D eigenvalue weighted by molar-refractivity contribution is -0.128. The fourth-order valence-corrected chi connectivity index (χ4v) is 2.20. The lowest BCUT2D eigenvalue weighted by Crippen LogP contribution is -2.45. The highest BCUT2D eigenvalue weighted by molar-refractivity contribution is 6.05. The second-order valence-electron chi connectivity index (χ2n) is 4.02.